The number of hydrogen-bond acceptors (Lipinski definition) is 4. The van der Waals surface area contributed by atoms with Crippen molar-refractivity contribution in [2.75, 3.05) is 7.11 Å². The second-order valence-corrected chi connectivity index (χ2v) is 7.62. The molecule has 134 valence electrons. The van der Waals surface area contributed by atoms with E-state index in [2.05, 4.69) is 26.2 Å². The Kier molecular flexibility index (Phi) is 6.41. The van der Waals surface area contributed by atoms with Gasteiger partial charge in [-0.05, 0) is 59.3 Å². The van der Waals surface area contributed by atoms with Gasteiger partial charge in [0.05, 0.1) is 17.7 Å². The van der Waals surface area contributed by atoms with Gasteiger partial charge in [0, 0.05) is 23.6 Å². The fourth-order valence-corrected chi connectivity index (χ4v) is 3.72. The topological polar surface area (TPSA) is 51.2 Å². The molecular weight excluding hydrogens is 412 g/mol. The molecule has 2 heterocycles. The van der Waals surface area contributed by atoms with Gasteiger partial charge in [0.1, 0.15) is 5.75 Å². The molecule has 26 heavy (non-hydrogen) atoms. The van der Waals surface area contributed by atoms with Gasteiger partial charge in [-0.3, -0.25) is 9.78 Å². The van der Waals surface area contributed by atoms with Gasteiger partial charge in [-0.15, -0.1) is 11.3 Å². The third kappa shape index (κ3) is 4.93. The lowest BCUT2D eigenvalue weighted by Gasteiger charge is -2.10. The molecule has 0 aliphatic heterocycles. The van der Waals surface area contributed by atoms with E-state index in [0.29, 0.717) is 19.4 Å². The van der Waals surface area contributed by atoms with Crippen LogP contribution in [-0.4, -0.2) is 18.0 Å². The number of amides is 1. The monoisotopic (exact) mass is 430 g/mol. The summed E-state index contributed by atoms with van der Waals surface area (Å²) in [5, 5.41) is 5.01. The van der Waals surface area contributed by atoms with Crippen molar-refractivity contribution in [2.45, 2.75) is 19.4 Å². The van der Waals surface area contributed by atoms with Gasteiger partial charge in [0.2, 0.25) is 5.91 Å². The molecule has 0 atom stereocenters. The van der Waals surface area contributed by atoms with Crippen molar-refractivity contribution in [3.05, 3.63) is 69.6 Å². The number of carbonyl (C=O) groups excluding carboxylic acids is 1. The Morgan fingerprint density at radius 3 is 2.92 bits per heavy atom. The second kappa shape index (κ2) is 8.96. The van der Waals surface area contributed by atoms with E-state index in [1.165, 1.54) is 0 Å². The fraction of sp³-hybridized carbons (Fsp3) is 0.200. The van der Waals surface area contributed by atoms with Gasteiger partial charge in [-0.25, -0.2) is 0 Å². The molecule has 3 rings (SSSR count). The first-order chi connectivity index (χ1) is 12.7. The number of methoxy groups -OCH3 is 1. The number of benzene rings is 1. The van der Waals surface area contributed by atoms with E-state index in [1.54, 1.807) is 24.6 Å². The second-order valence-electron chi connectivity index (χ2n) is 5.76. The van der Waals surface area contributed by atoms with E-state index in [1.807, 2.05) is 47.8 Å². The Labute approximate surface area is 165 Å². The van der Waals surface area contributed by atoms with Gasteiger partial charge in [-0.1, -0.05) is 22.0 Å². The molecule has 0 aliphatic rings. The van der Waals surface area contributed by atoms with E-state index < -0.39 is 0 Å². The minimum Gasteiger partial charge on any atom is -0.496 e. The fourth-order valence-electron chi connectivity index (χ4n) is 2.62. The van der Waals surface area contributed by atoms with Crippen LogP contribution in [0.15, 0.2) is 58.5 Å². The number of rotatable bonds is 7. The summed E-state index contributed by atoms with van der Waals surface area (Å²) in [5.41, 5.74) is 2.99. The molecule has 1 amide bonds. The van der Waals surface area contributed by atoms with Gasteiger partial charge in [0.25, 0.3) is 0 Å². The van der Waals surface area contributed by atoms with Gasteiger partial charge in [-0.2, -0.15) is 0 Å². The van der Waals surface area contributed by atoms with Crippen molar-refractivity contribution >= 4 is 33.2 Å². The molecule has 0 spiro atoms. The highest BCUT2D eigenvalue weighted by molar-refractivity contribution is 9.10. The number of halogens is 1. The van der Waals surface area contributed by atoms with Crippen LogP contribution < -0.4 is 10.1 Å². The molecule has 3 aromatic rings. The SMILES string of the molecule is COc1ccc(Br)cc1CCC(=O)NCc1ccnc(-c2cccs2)c1. The van der Waals surface area contributed by atoms with Crippen LogP contribution in [0.25, 0.3) is 10.6 Å². The lowest BCUT2D eigenvalue weighted by Crippen LogP contribution is -2.23. The summed E-state index contributed by atoms with van der Waals surface area (Å²) in [5.74, 6) is 0.817. The van der Waals surface area contributed by atoms with Crippen LogP contribution in [0.1, 0.15) is 17.5 Å². The van der Waals surface area contributed by atoms with E-state index in [0.717, 1.165) is 31.9 Å². The molecule has 2 aromatic heterocycles. The number of pyridine rings is 1. The van der Waals surface area contributed by atoms with Crippen LogP contribution in [0.4, 0.5) is 0 Å². The summed E-state index contributed by atoms with van der Waals surface area (Å²) >= 11 is 5.11. The number of nitrogens with zero attached hydrogens (tertiary/aromatic N) is 1. The minimum atomic E-state index is 0.0153. The molecule has 0 saturated heterocycles. The van der Waals surface area contributed by atoms with E-state index in [-0.39, 0.29) is 5.91 Å². The normalized spacial score (nSPS) is 10.5. The molecule has 4 nitrogen and oxygen atoms in total. The lowest BCUT2D eigenvalue weighted by molar-refractivity contribution is -0.121. The standard InChI is InChI=1S/C20H19BrN2O2S/c1-25-18-6-5-16(21)12-15(18)4-7-20(24)23-13-14-8-9-22-17(11-14)19-3-2-10-26-19/h2-3,5-6,8-12H,4,7,13H2,1H3,(H,23,24). The maximum Gasteiger partial charge on any atom is 0.220 e. The van der Waals surface area contributed by atoms with Crippen LogP contribution in [0.2, 0.25) is 0 Å². The van der Waals surface area contributed by atoms with Crippen LogP contribution in [-0.2, 0) is 17.8 Å². The molecule has 0 saturated carbocycles. The molecule has 1 aromatic carbocycles. The zero-order valence-electron chi connectivity index (χ0n) is 14.4. The van der Waals surface area contributed by atoms with E-state index in [4.69, 9.17) is 4.74 Å². The summed E-state index contributed by atoms with van der Waals surface area (Å²) in [6.45, 7) is 0.495. The van der Waals surface area contributed by atoms with E-state index in [9.17, 15) is 4.79 Å². The molecule has 0 fully saturated rings. The Morgan fingerprint density at radius 1 is 1.27 bits per heavy atom. The molecular formula is C20H19BrN2O2S. The van der Waals surface area contributed by atoms with Crippen LogP contribution in [0.5, 0.6) is 5.75 Å². The molecule has 0 unspecified atom stereocenters. The summed E-state index contributed by atoms with van der Waals surface area (Å²) < 4.78 is 6.33. The average molecular weight is 431 g/mol. The first-order valence-corrected chi connectivity index (χ1v) is 9.91. The quantitative estimate of drug-likeness (QED) is 0.583. The third-order valence-electron chi connectivity index (χ3n) is 3.95. The van der Waals surface area contributed by atoms with Crippen molar-refractivity contribution in [2.24, 2.45) is 0 Å². The zero-order valence-corrected chi connectivity index (χ0v) is 16.8. The van der Waals surface area contributed by atoms with Crippen molar-refractivity contribution in [1.82, 2.24) is 10.3 Å². The summed E-state index contributed by atoms with van der Waals surface area (Å²) in [6.07, 6.45) is 2.82. The highest BCUT2D eigenvalue weighted by atomic mass is 79.9. The van der Waals surface area contributed by atoms with Crippen LogP contribution in [0.3, 0.4) is 0 Å². The number of thiophene rings is 1. The highest BCUT2D eigenvalue weighted by Gasteiger charge is 2.08. The zero-order chi connectivity index (χ0) is 18.4. The number of nitrogens with one attached hydrogen (secondary N) is 1. The number of hydrogen-bond donors (Lipinski definition) is 1. The molecule has 0 bridgehead atoms. The predicted molar refractivity (Wildman–Crippen MR) is 108 cm³/mol. The Balaban J connectivity index is 1.55. The average Bonchev–Trinajstić information content (AvgIpc) is 3.20. The van der Waals surface area contributed by atoms with Crippen molar-refractivity contribution in [3.63, 3.8) is 0 Å². The van der Waals surface area contributed by atoms with Crippen molar-refractivity contribution in [1.29, 1.82) is 0 Å². The smallest absolute Gasteiger partial charge is 0.220 e. The first kappa shape index (κ1) is 18.6. The number of ether oxygens (including phenoxy) is 1. The predicted octanol–water partition coefficient (Wildman–Crippen LogP) is 4.83. The Morgan fingerprint density at radius 2 is 2.15 bits per heavy atom. The minimum absolute atomic E-state index is 0.0153. The molecule has 0 aliphatic carbocycles. The number of aromatic nitrogens is 1. The summed E-state index contributed by atoms with van der Waals surface area (Å²) in [4.78, 5) is 17.7. The van der Waals surface area contributed by atoms with E-state index >= 15 is 0 Å². The largest absolute Gasteiger partial charge is 0.496 e. The summed E-state index contributed by atoms with van der Waals surface area (Å²) in [7, 11) is 1.64. The van der Waals surface area contributed by atoms with Crippen molar-refractivity contribution in [3.8, 4) is 16.3 Å². The highest BCUT2D eigenvalue weighted by Crippen LogP contribution is 2.24. The Bertz CT molecular complexity index is 881. The summed E-state index contributed by atoms with van der Waals surface area (Å²) in [6, 6.07) is 13.8. The third-order valence-corrected chi connectivity index (χ3v) is 5.34. The van der Waals surface area contributed by atoms with Gasteiger partial charge in [0.15, 0.2) is 0 Å². The first-order valence-electron chi connectivity index (χ1n) is 8.23. The lowest BCUT2D eigenvalue weighted by atomic mass is 10.1. The van der Waals surface area contributed by atoms with Crippen molar-refractivity contribution < 1.29 is 9.53 Å². The van der Waals surface area contributed by atoms with Crippen LogP contribution in [0, 0.1) is 0 Å². The number of aryl methyl sites for hydroxylation is 1. The van der Waals surface area contributed by atoms with Crippen LogP contribution >= 0.6 is 27.3 Å². The maximum absolute atomic E-state index is 12.2. The maximum atomic E-state index is 12.2. The van der Waals surface area contributed by atoms with Gasteiger partial charge < -0.3 is 10.1 Å². The number of carbonyl (C=O) groups is 1. The Hall–Kier alpha value is -2.18. The molecule has 6 heteroatoms. The van der Waals surface area contributed by atoms with Gasteiger partial charge >= 0.3 is 0 Å². The molecule has 1 N–H and O–H groups in total. The molecule has 0 radical (unpaired) electrons.